The fraction of sp³-hybridized carbons (Fsp3) is 0.579. The van der Waals surface area contributed by atoms with Crippen LogP contribution in [-0.4, -0.2) is 41.9 Å². The Morgan fingerprint density at radius 1 is 1.12 bits per heavy atom. The second kappa shape index (κ2) is 10.4. The predicted octanol–water partition coefficient (Wildman–Crippen LogP) is 3.08. The summed E-state index contributed by atoms with van der Waals surface area (Å²) in [6.45, 7) is 11.8. The highest BCUT2D eigenvalue weighted by atomic mass is 35.5. The number of benzene rings is 1. The maximum atomic E-state index is 12.5. The average Bonchev–Trinajstić information content (AvgIpc) is 2.55. The van der Waals surface area contributed by atoms with Crippen molar-refractivity contribution in [1.82, 2.24) is 10.2 Å². The lowest BCUT2D eigenvalue weighted by atomic mass is 9.90. The Morgan fingerprint density at radius 3 is 2.00 bits per heavy atom. The Hall–Kier alpha value is -1.59. The Bertz CT molecular complexity index is 556. The normalized spacial score (nSPS) is 12.9. The lowest BCUT2D eigenvalue weighted by Gasteiger charge is -2.31. The van der Waals surface area contributed by atoms with Crippen LogP contribution in [0.2, 0.25) is 0 Å². The molecule has 1 aromatic rings. The van der Waals surface area contributed by atoms with Gasteiger partial charge in [-0.1, -0.05) is 13.8 Å². The molecule has 1 rings (SSSR count). The highest BCUT2D eigenvalue weighted by Crippen LogP contribution is 2.16. The van der Waals surface area contributed by atoms with Crippen LogP contribution in [-0.2, 0) is 0 Å². The van der Waals surface area contributed by atoms with Crippen LogP contribution >= 0.6 is 12.4 Å². The first-order valence-electron chi connectivity index (χ1n) is 8.68. The molecule has 1 unspecified atom stereocenters. The molecule has 6 heteroatoms. The molecular formula is C19H32ClN3O2. The third-order valence-corrected chi connectivity index (χ3v) is 4.17. The number of nitrogens with two attached hydrogens (primary N) is 1. The molecule has 0 radical (unpaired) electrons. The van der Waals surface area contributed by atoms with E-state index in [9.17, 15) is 9.59 Å². The number of hydrogen-bond donors (Lipinski definition) is 2. The third kappa shape index (κ3) is 6.67. The van der Waals surface area contributed by atoms with Gasteiger partial charge in [-0.05, 0) is 57.4 Å². The standard InChI is InChI=1S/C19H31N3O2.ClH/c1-6-22(7-2)18(24)16-10-8-15(9-11-16)17(23)21-19(5,13-20)12-14(3)4;/h8-11,14H,6-7,12-13,20H2,1-5H3,(H,21,23);1H. The number of hydrogen-bond acceptors (Lipinski definition) is 3. The van der Waals surface area contributed by atoms with E-state index in [1.807, 2.05) is 20.8 Å². The SMILES string of the molecule is CCN(CC)C(=O)c1ccc(C(=O)NC(C)(CN)CC(C)C)cc1.Cl. The molecule has 0 fully saturated rings. The van der Waals surface area contributed by atoms with Gasteiger partial charge in [0, 0.05) is 36.3 Å². The van der Waals surface area contributed by atoms with E-state index < -0.39 is 5.54 Å². The van der Waals surface area contributed by atoms with Crippen LogP contribution in [0.15, 0.2) is 24.3 Å². The van der Waals surface area contributed by atoms with Crippen molar-refractivity contribution >= 4 is 24.2 Å². The topological polar surface area (TPSA) is 75.4 Å². The second-order valence-corrected chi connectivity index (χ2v) is 6.87. The van der Waals surface area contributed by atoms with Gasteiger partial charge in [0.05, 0.1) is 0 Å². The van der Waals surface area contributed by atoms with Gasteiger partial charge < -0.3 is 16.0 Å². The first-order chi connectivity index (χ1) is 11.3. The molecule has 0 aromatic heterocycles. The van der Waals surface area contributed by atoms with E-state index in [-0.39, 0.29) is 24.2 Å². The van der Waals surface area contributed by atoms with Gasteiger partial charge in [0.25, 0.3) is 11.8 Å². The summed E-state index contributed by atoms with van der Waals surface area (Å²) in [7, 11) is 0. The zero-order valence-corrected chi connectivity index (χ0v) is 16.8. The lowest BCUT2D eigenvalue weighted by Crippen LogP contribution is -2.52. The van der Waals surface area contributed by atoms with Gasteiger partial charge >= 0.3 is 0 Å². The van der Waals surface area contributed by atoms with Crippen molar-refractivity contribution < 1.29 is 9.59 Å². The predicted molar refractivity (Wildman–Crippen MR) is 105 cm³/mol. The molecule has 1 atom stereocenters. The summed E-state index contributed by atoms with van der Waals surface area (Å²) in [5.41, 5.74) is 6.55. The minimum Gasteiger partial charge on any atom is -0.346 e. The molecule has 0 spiro atoms. The number of nitrogens with one attached hydrogen (secondary N) is 1. The van der Waals surface area contributed by atoms with Gasteiger partial charge in [0.15, 0.2) is 0 Å². The van der Waals surface area contributed by atoms with E-state index in [1.54, 1.807) is 29.2 Å². The fourth-order valence-corrected chi connectivity index (χ4v) is 2.89. The molecule has 5 nitrogen and oxygen atoms in total. The molecule has 0 aliphatic carbocycles. The van der Waals surface area contributed by atoms with Crippen molar-refractivity contribution in [3.63, 3.8) is 0 Å². The van der Waals surface area contributed by atoms with Gasteiger partial charge in [-0.3, -0.25) is 9.59 Å². The number of nitrogens with zero attached hydrogens (tertiary/aromatic N) is 1. The Labute approximate surface area is 157 Å². The van der Waals surface area contributed by atoms with Gasteiger partial charge in [-0.25, -0.2) is 0 Å². The molecule has 142 valence electrons. The van der Waals surface area contributed by atoms with E-state index in [0.717, 1.165) is 6.42 Å². The van der Waals surface area contributed by atoms with Crippen molar-refractivity contribution in [2.75, 3.05) is 19.6 Å². The van der Waals surface area contributed by atoms with Crippen LogP contribution in [0.3, 0.4) is 0 Å². The van der Waals surface area contributed by atoms with Gasteiger partial charge in [0.2, 0.25) is 0 Å². The maximum absolute atomic E-state index is 12.5. The summed E-state index contributed by atoms with van der Waals surface area (Å²) < 4.78 is 0. The van der Waals surface area contributed by atoms with Crippen LogP contribution < -0.4 is 11.1 Å². The van der Waals surface area contributed by atoms with Crippen molar-refractivity contribution in [3.05, 3.63) is 35.4 Å². The largest absolute Gasteiger partial charge is 0.346 e. The van der Waals surface area contributed by atoms with Crippen molar-refractivity contribution in [2.24, 2.45) is 11.7 Å². The zero-order chi connectivity index (χ0) is 18.3. The number of halogens is 1. The second-order valence-electron chi connectivity index (χ2n) is 6.87. The van der Waals surface area contributed by atoms with Gasteiger partial charge in [0.1, 0.15) is 0 Å². The van der Waals surface area contributed by atoms with Crippen LogP contribution in [0.4, 0.5) is 0 Å². The summed E-state index contributed by atoms with van der Waals surface area (Å²) in [4.78, 5) is 26.5. The number of carbonyl (C=O) groups excluding carboxylic acids is 2. The first kappa shape index (κ1) is 23.4. The quantitative estimate of drug-likeness (QED) is 0.739. The minimum absolute atomic E-state index is 0. The van der Waals surface area contributed by atoms with E-state index in [0.29, 0.717) is 36.7 Å². The number of carbonyl (C=O) groups is 2. The zero-order valence-electron chi connectivity index (χ0n) is 16.0. The smallest absolute Gasteiger partial charge is 0.253 e. The number of rotatable bonds is 8. The van der Waals surface area contributed by atoms with E-state index in [1.165, 1.54) is 0 Å². The van der Waals surface area contributed by atoms with Crippen LogP contribution in [0.1, 0.15) is 61.8 Å². The van der Waals surface area contributed by atoms with Crippen LogP contribution in [0.25, 0.3) is 0 Å². The first-order valence-corrected chi connectivity index (χ1v) is 8.68. The number of amides is 2. The highest BCUT2D eigenvalue weighted by molar-refractivity contribution is 5.98. The average molecular weight is 370 g/mol. The Balaban J connectivity index is 0.00000576. The molecule has 0 bridgehead atoms. The van der Waals surface area contributed by atoms with E-state index >= 15 is 0 Å². The summed E-state index contributed by atoms with van der Waals surface area (Å²) in [5, 5.41) is 3.03. The highest BCUT2D eigenvalue weighted by Gasteiger charge is 2.26. The summed E-state index contributed by atoms with van der Waals surface area (Å²) in [5.74, 6) is 0.261. The minimum atomic E-state index is -0.430. The van der Waals surface area contributed by atoms with Crippen LogP contribution in [0.5, 0.6) is 0 Å². The van der Waals surface area contributed by atoms with Crippen molar-refractivity contribution in [1.29, 1.82) is 0 Å². The Morgan fingerprint density at radius 2 is 1.60 bits per heavy atom. The summed E-state index contributed by atoms with van der Waals surface area (Å²) in [6.07, 6.45) is 0.813. The molecule has 2 amide bonds. The molecule has 1 aromatic carbocycles. The van der Waals surface area contributed by atoms with Crippen molar-refractivity contribution in [2.45, 2.75) is 46.6 Å². The lowest BCUT2D eigenvalue weighted by molar-refractivity contribution is 0.0771. The molecule has 25 heavy (non-hydrogen) atoms. The molecule has 0 aliphatic heterocycles. The third-order valence-electron chi connectivity index (χ3n) is 4.17. The summed E-state index contributed by atoms with van der Waals surface area (Å²) in [6, 6.07) is 6.80. The Kier molecular flexibility index (Phi) is 9.75. The molecule has 0 heterocycles. The van der Waals surface area contributed by atoms with E-state index in [4.69, 9.17) is 5.73 Å². The molecule has 0 saturated heterocycles. The van der Waals surface area contributed by atoms with Crippen LogP contribution in [0, 0.1) is 5.92 Å². The van der Waals surface area contributed by atoms with Gasteiger partial charge in [-0.2, -0.15) is 0 Å². The monoisotopic (exact) mass is 369 g/mol. The fourth-order valence-electron chi connectivity index (χ4n) is 2.89. The van der Waals surface area contributed by atoms with E-state index in [2.05, 4.69) is 19.2 Å². The summed E-state index contributed by atoms with van der Waals surface area (Å²) >= 11 is 0. The molecule has 3 N–H and O–H groups in total. The molecule has 0 aliphatic rings. The maximum Gasteiger partial charge on any atom is 0.253 e. The molecule has 0 saturated carbocycles. The molecular weight excluding hydrogens is 338 g/mol. The van der Waals surface area contributed by atoms with Gasteiger partial charge in [-0.15, -0.1) is 12.4 Å². The van der Waals surface area contributed by atoms with Crippen molar-refractivity contribution in [3.8, 4) is 0 Å².